The highest BCUT2D eigenvalue weighted by atomic mass is 32.2. The van der Waals surface area contributed by atoms with Crippen LogP contribution in [0.25, 0.3) is 0 Å². The maximum Gasteiger partial charge on any atom is 0.143 e. The van der Waals surface area contributed by atoms with Crippen molar-refractivity contribution in [1.82, 2.24) is 5.32 Å². The van der Waals surface area contributed by atoms with Crippen LogP contribution in [-0.2, 0) is 0 Å². The zero-order valence-electron chi connectivity index (χ0n) is 8.57. The second-order valence-electron chi connectivity index (χ2n) is 3.81. The van der Waals surface area contributed by atoms with Gasteiger partial charge in [-0.2, -0.15) is 11.8 Å². The van der Waals surface area contributed by atoms with Crippen LogP contribution in [0.1, 0.15) is 13.3 Å². The fraction of sp³-hybridized carbons (Fsp3) is 0.889. The number of nitrogens with zero attached hydrogens (tertiary/aromatic N) is 1. The Labute approximate surface area is 89.3 Å². The van der Waals surface area contributed by atoms with Gasteiger partial charge in [0.1, 0.15) is 5.84 Å². The fourth-order valence-electron chi connectivity index (χ4n) is 1.45. The number of hydrogen-bond donors (Lipinski definition) is 3. The number of amidine groups is 1. The molecule has 1 saturated heterocycles. The normalized spacial score (nSPS) is 25.2. The third-order valence-corrected chi connectivity index (χ3v) is 3.76. The van der Waals surface area contributed by atoms with E-state index in [9.17, 15) is 0 Å². The fourth-order valence-corrected chi connectivity index (χ4v) is 2.74. The molecule has 0 radical (unpaired) electrons. The van der Waals surface area contributed by atoms with Gasteiger partial charge in [-0.05, 0) is 30.4 Å². The first-order chi connectivity index (χ1) is 6.74. The van der Waals surface area contributed by atoms with E-state index < -0.39 is 0 Å². The summed E-state index contributed by atoms with van der Waals surface area (Å²) >= 11 is 2.02. The summed E-state index contributed by atoms with van der Waals surface area (Å²) in [5, 5.41) is 14.8. The molecule has 4 nitrogen and oxygen atoms in total. The molecule has 1 aliphatic heterocycles. The van der Waals surface area contributed by atoms with Gasteiger partial charge in [-0.3, -0.25) is 0 Å². The molecule has 5 heteroatoms. The van der Waals surface area contributed by atoms with Gasteiger partial charge in [-0.15, -0.1) is 0 Å². The Morgan fingerprint density at radius 1 is 1.79 bits per heavy atom. The molecule has 1 heterocycles. The summed E-state index contributed by atoms with van der Waals surface area (Å²) in [5.41, 5.74) is 5.47. The van der Waals surface area contributed by atoms with E-state index in [1.165, 1.54) is 17.9 Å². The Hall–Kier alpha value is -0.420. The maximum absolute atomic E-state index is 8.45. The van der Waals surface area contributed by atoms with E-state index >= 15 is 0 Å². The molecule has 1 fully saturated rings. The molecule has 0 aromatic heterocycles. The first-order valence-electron chi connectivity index (χ1n) is 5.00. The standard InChI is InChI=1S/C9H19N3OS/c1-7(9(10)12-13)4-11-5-8-2-3-14-6-8/h7-8,11,13H,2-6H2,1H3,(H2,10,12). The average Bonchev–Trinajstić information content (AvgIpc) is 2.69. The van der Waals surface area contributed by atoms with Crippen LogP contribution < -0.4 is 11.1 Å². The second-order valence-corrected chi connectivity index (χ2v) is 4.96. The number of nitrogens with two attached hydrogens (primary N) is 1. The maximum atomic E-state index is 8.45. The third kappa shape index (κ3) is 3.75. The van der Waals surface area contributed by atoms with E-state index in [2.05, 4.69) is 10.5 Å². The highest BCUT2D eigenvalue weighted by Crippen LogP contribution is 2.22. The van der Waals surface area contributed by atoms with Crippen molar-refractivity contribution in [2.45, 2.75) is 13.3 Å². The number of rotatable bonds is 5. The molecule has 14 heavy (non-hydrogen) atoms. The van der Waals surface area contributed by atoms with Crippen molar-refractivity contribution in [2.75, 3.05) is 24.6 Å². The Balaban J connectivity index is 2.08. The number of thioether (sulfide) groups is 1. The van der Waals surface area contributed by atoms with Crippen molar-refractivity contribution < 1.29 is 5.21 Å². The van der Waals surface area contributed by atoms with Gasteiger partial charge in [-0.25, -0.2) is 0 Å². The van der Waals surface area contributed by atoms with Gasteiger partial charge in [0.2, 0.25) is 0 Å². The first kappa shape index (κ1) is 11.7. The molecule has 0 aromatic rings. The van der Waals surface area contributed by atoms with Crippen LogP contribution in [0.5, 0.6) is 0 Å². The van der Waals surface area contributed by atoms with Crippen molar-refractivity contribution in [3.05, 3.63) is 0 Å². The summed E-state index contributed by atoms with van der Waals surface area (Å²) in [6.07, 6.45) is 1.32. The largest absolute Gasteiger partial charge is 0.409 e. The lowest BCUT2D eigenvalue weighted by Crippen LogP contribution is -2.33. The lowest BCUT2D eigenvalue weighted by atomic mass is 10.1. The van der Waals surface area contributed by atoms with Crippen molar-refractivity contribution in [1.29, 1.82) is 0 Å². The SMILES string of the molecule is CC(CNCC1CCSC1)C(N)=NO. The summed E-state index contributed by atoms with van der Waals surface area (Å²) in [5.74, 6) is 3.78. The number of oxime groups is 1. The third-order valence-electron chi connectivity index (χ3n) is 2.53. The Kier molecular flexibility index (Phi) is 5.11. The van der Waals surface area contributed by atoms with E-state index in [4.69, 9.17) is 10.9 Å². The monoisotopic (exact) mass is 217 g/mol. The van der Waals surface area contributed by atoms with Gasteiger partial charge in [0.05, 0.1) is 0 Å². The van der Waals surface area contributed by atoms with Crippen LogP contribution in [-0.4, -0.2) is 35.6 Å². The minimum Gasteiger partial charge on any atom is -0.409 e. The van der Waals surface area contributed by atoms with Crippen molar-refractivity contribution in [3.63, 3.8) is 0 Å². The van der Waals surface area contributed by atoms with Gasteiger partial charge in [0.15, 0.2) is 0 Å². The van der Waals surface area contributed by atoms with Crippen LogP contribution in [0.4, 0.5) is 0 Å². The summed E-state index contributed by atoms with van der Waals surface area (Å²) in [7, 11) is 0. The minimum absolute atomic E-state index is 0.106. The number of hydrogen-bond acceptors (Lipinski definition) is 4. The molecule has 4 N–H and O–H groups in total. The van der Waals surface area contributed by atoms with E-state index in [0.717, 1.165) is 19.0 Å². The first-order valence-corrected chi connectivity index (χ1v) is 6.15. The van der Waals surface area contributed by atoms with Gasteiger partial charge in [0, 0.05) is 12.5 Å². The molecule has 0 aromatic carbocycles. The molecule has 0 aliphatic carbocycles. The lowest BCUT2D eigenvalue weighted by Gasteiger charge is -2.13. The second kappa shape index (κ2) is 6.14. The molecular weight excluding hydrogens is 198 g/mol. The molecule has 1 rings (SSSR count). The topological polar surface area (TPSA) is 70.6 Å². The van der Waals surface area contributed by atoms with Gasteiger partial charge in [-0.1, -0.05) is 12.1 Å². The van der Waals surface area contributed by atoms with Gasteiger partial charge < -0.3 is 16.3 Å². The predicted molar refractivity (Wildman–Crippen MR) is 60.9 cm³/mol. The summed E-state index contributed by atoms with van der Waals surface area (Å²) < 4.78 is 0. The minimum atomic E-state index is 0.106. The van der Waals surface area contributed by atoms with Crippen molar-refractivity contribution in [2.24, 2.45) is 22.7 Å². The van der Waals surface area contributed by atoms with E-state index in [1.807, 2.05) is 18.7 Å². The zero-order valence-corrected chi connectivity index (χ0v) is 9.39. The van der Waals surface area contributed by atoms with Crippen LogP contribution >= 0.6 is 11.8 Å². The highest BCUT2D eigenvalue weighted by Gasteiger charge is 2.15. The average molecular weight is 217 g/mol. The number of nitrogens with one attached hydrogen (secondary N) is 1. The quantitative estimate of drug-likeness (QED) is 0.274. The molecule has 0 bridgehead atoms. The highest BCUT2D eigenvalue weighted by molar-refractivity contribution is 7.99. The van der Waals surface area contributed by atoms with Gasteiger partial charge >= 0.3 is 0 Å². The van der Waals surface area contributed by atoms with E-state index in [-0.39, 0.29) is 5.92 Å². The van der Waals surface area contributed by atoms with E-state index in [0.29, 0.717) is 5.84 Å². The molecular formula is C9H19N3OS. The van der Waals surface area contributed by atoms with Crippen LogP contribution in [0.2, 0.25) is 0 Å². The Morgan fingerprint density at radius 3 is 3.14 bits per heavy atom. The van der Waals surface area contributed by atoms with Crippen molar-refractivity contribution in [3.8, 4) is 0 Å². The molecule has 0 spiro atoms. The van der Waals surface area contributed by atoms with E-state index in [1.54, 1.807) is 0 Å². The Bertz CT molecular complexity index is 192. The smallest absolute Gasteiger partial charge is 0.143 e. The van der Waals surface area contributed by atoms with Gasteiger partial charge in [0.25, 0.3) is 0 Å². The molecule has 1 aliphatic rings. The van der Waals surface area contributed by atoms with Crippen LogP contribution in [0, 0.1) is 11.8 Å². The van der Waals surface area contributed by atoms with Crippen LogP contribution in [0.15, 0.2) is 5.16 Å². The van der Waals surface area contributed by atoms with Crippen LogP contribution in [0.3, 0.4) is 0 Å². The molecule has 82 valence electrons. The zero-order chi connectivity index (χ0) is 10.4. The lowest BCUT2D eigenvalue weighted by molar-refractivity contribution is 0.314. The molecule has 2 unspecified atom stereocenters. The Morgan fingerprint density at radius 2 is 2.57 bits per heavy atom. The van der Waals surface area contributed by atoms with Crippen molar-refractivity contribution >= 4 is 17.6 Å². The molecule has 0 amide bonds. The molecule has 0 saturated carbocycles. The summed E-state index contributed by atoms with van der Waals surface area (Å²) in [6.45, 7) is 3.79. The summed E-state index contributed by atoms with van der Waals surface area (Å²) in [6, 6.07) is 0. The summed E-state index contributed by atoms with van der Waals surface area (Å²) in [4.78, 5) is 0. The predicted octanol–water partition coefficient (Wildman–Crippen LogP) is 0.712. The molecule has 2 atom stereocenters.